The second-order valence-electron chi connectivity index (χ2n) is 5.49. The summed E-state index contributed by atoms with van der Waals surface area (Å²) in [5.74, 6) is 0.844. The van der Waals surface area contributed by atoms with E-state index in [0.29, 0.717) is 11.7 Å². The lowest BCUT2D eigenvalue weighted by molar-refractivity contribution is -0.139. The van der Waals surface area contributed by atoms with E-state index in [-0.39, 0.29) is 18.5 Å². The molecule has 3 nitrogen and oxygen atoms in total. The molecule has 1 aliphatic rings. The highest BCUT2D eigenvalue weighted by Gasteiger charge is 2.25. The first-order valence-electron chi connectivity index (χ1n) is 7.08. The van der Waals surface area contributed by atoms with Crippen LogP contribution in [0.25, 0.3) is 0 Å². The Balaban J connectivity index is 1.90. The number of carbonyl (C=O) groups is 1. The minimum atomic E-state index is -0.123. The Morgan fingerprint density at radius 2 is 1.95 bits per heavy atom. The van der Waals surface area contributed by atoms with Gasteiger partial charge < -0.3 is 9.84 Å². The van der Waals surface area contributed by atoms with Gasteiger partial charge in [-0.15, -0.1) is 0 Å². The van der Waals surface area contributed by atoms with Crippen LogP contribution in [-0.4, -0.2) is 17.7 Å². The third kappa shape index (κ3) is 4.06. The maximum Gasteiger partial charge on any atom is 0.314 e. The molecule has 0 spiro atoms. The van der Waals surface area contributed by atoms with Gasteiger partial charge in [0, 0.05) is 6.61 Å². The maximum absolute atomic E-state index is 12.1. The number of esters is 1. The van der Waals surface area contributed by atoms with Crippen LogP contribution in [0.5, 0.6) is 5.75 Å². The Hall–Kier alpha value is -1.35. The van der Waals surface area contributed by atoms with Crippen molar-refractivity contribution in [2.24, 2.45) is 11.8 Å². The quantitative estimate of drug-likeness (QED) is 0.517. The van der Waals surface area contributed by atoms with Gasteiger partial charge in [0.1, 0.15) is 5.75 Å². The number of ether oxygens (including phenoxy) is 1. The molecule has 3 heteroatoms. The molecule has 0 amide bonds. The fourth-order valence-electron chi connectivity index (χ4n) is 2.60. The molecule has 0 aliphatic heterocycles. The van der Waals surface area contributed by atoms with Gasteiger partial charge in [-0.05, 0) is 50.7 Å². The van der Waals surface area contributed by atoms with Crippen molar-refractivity contribution in [3.63, 3.8) is 0 Å². The van der Waals surface area contributed by atoms with E-state index in [2.05, 4.69) is 0 Å². The molecule has 1 unspecified atom stereocenters. The fraction of sp³-hybridized carbons (Fsp3) is 0.562. The smallest absolute Gasteiger partial charge is 0.314 e. The first-order valence-corrected chi connectivity index (χ1v) is 7.08. The SMILES string of the molecule is Cc1ccc(OC(=O)C2CCC[C@@H](CO)CC2)cc1. The Morgan fingerprint density at radius 3 is 2.63 bits per heavy atom. The van der Waals surface area contributed by atoms with Gasteiger partial charge in [0.2, 0.25) is 0 Å². The van der Waals surface area contributed by atoms with E-state index in [1.807, 2.05) is 31.2 Å². The van der Waals surface area contributed by atoms with Crippen molar-refractivity contribution >= 4 is 5.97 Å². The second-order valence-corrected chi connectivity index (χ2v) is 5.49. The Bertz CT molecular complexity index is 411. The van der Waals surface area contributed by atoms with Crippen LogP contribution in [0, 0.1) is 18.8 Å². The van der Waals surface area contributed by atoms with Crippen molar-refractivity contribution < 1.29 is 14.6 Å². The zero-order chi connectivity index (χ0) is 13.7. The van der Waals surface area contributed by atoms with Crippen LogP contribution in [0.1, 0.15) is 37.7 Å². The third-order valence-corrected chi connectivity index (χ3v) is 3.92. The largest absolute Gasteiger partial charge is 0.426 e. The molecule has 0 bridgehead atoms. The number of hydrogen-bond acceptors (Lipinski definition) is 3. The number of hydrogen-bond donors (Lipinski definition) is 1. The van der Waals surface area contributed by atoms with Crippen molar-refractivity contribution in [2.45, 2.75) is 39.0 Å². The normalized spacial score (nSPS) is 23.7. The lowest BCUT2D eigenvalue weighted by Crippen LogP contribution is -2.20. The topological polar surface area (TPSA) is 46.5 Å². The van der Waals surface area contributed by atoms with Gasteiger partial charge in [0.25, 0.3) is 0 Å². The molecule has 1 aromatic carbocycles. The maximum atomic E-state index is 12.1. The standard InChI is InChI=1S/C16H22O3/c1-12-5-9-15(10-6-12)19-16(18)14-4-2-3-13(11-17)7-8-14/h5-6,9-10,13-14,17H,2-4,7-8,11H2,1H3/t13-,14?/m1/s1. The molecule has 104 valence electrons. The predicted octanol–water partition coefficient (Wildman–Crippen LogP) is 3.09. The molecule has 1 N–H and O–H groups in total. The molecule has 1 aliphatic carbocycles. The molecule has 2 atom stereocenters. The van der Waals surface area contributed by atoms with Gasteiger partial charge in [0.05, 0.1) is 5.92 Å². The van der Waals surface area contributed by atoms with Gasteiger partial charge in [-0.2, -0.15) is 0 Å². The Morgan fingerprint density at radius 1 is 1.21 bits per heavy atom. The zero-order valence-electron chi connectivity index (χ0n) is 11.5. The predicted molar refractivity (Wildman–Crippen MR) is 74.0 cm³/mol. The summed E-state index contributed by atoms with van der Waals surface area (Å²) in [6.45, 7) is 2.24. The summed E-state index contributed by atoms with van der Waals surface area (Å²) in [6.07, 6.45) is 4.64. The van der Waals surface area contributed by atoms with Crippen molar-refractivity contribution in [1.82, 2.24) is 0 Å². The average molecular weight is 262 g/mol. The van der Waals surface area contributed by atoms with Gasteiger partial charge in [-0.1, -0.05) is 24.1 Å². The van der Waals surface area contributed by atoms with E-state index in [1.54, 1.807) is 0 Å². The minimum Gasteiger partial charge on any atom is -0.426 e. The van der Waals surface area contributed by atoms with E-state index < -0.39 is 0 Å². The molecular weight excluding hydrogens is 240 g/mol. The van der Waals surface area contributed by atoms with Crippen molar-refractivity contribution in [3.8, 4) is 5.75 Å². The summed E-state index contributed by atoms with van der Waals surface area (Å²) in [7, 11) is 0. The highest BCUT2D eigenvalue weighted by molar-refractivity contribution is 5.75. The van der Waals surface area contributed by atoms with Crippen LogP contribution in [-0.2, 0) is 4.79 Å². The molecule has 1 aromatic rings. The minimum absolute atomic E-state index is 0.0159. The molecule has 1 saturated carbocycles. The summed E-state index contributed by atoms with van der Waals surface area (Å²) >= 11 is 0. The fourth-order valence-corrected chi connectivity index (χ4v) is 2.60. The number of rotatable bonds is 3. The van der Waals surface area contributed by atoms with Crippen LogP contribution in [0.2, 0.25) is 0 Å². The average Bonchev–Trinajstić information content (AvgIpc) is 2.66. The number of aliphatic hydroxyl groups excluding tert-OH is 1. The zero-order valence-corrected chi connectivity index (χ0v) is 11.5. The summed E-state index contributed by atoms with van der Waals surface area (Å²) in [5, 5.41) is 9.19. The number of aryl methyl sites for hydroxylation is 1. The third-order valence-electron chi connectivity index (χ3n) is 3.92. The molecule has 1 fully saturated rings. The summed E-state index contributed by atoms with van der Waals surface area (Å²) in [4.78, 5) is 12.1. The van der Waals surface area contributed by atoms with Crippen LogP contribution < -0.4 is 4.74 Å². The first kappa shape index (κ1) is 14.1. The Kier molecular flexibility index (Phi) is 4.97. The lowest BCUT2D eigenvalue weighted by atomic mass is 9.99. The van der Waals surface area contributed by atoms with Crippen LogP contribution in [0.3, 0.4) is 0 Å². The van der Waals surface area contributed by atoms with Gasteiger partial charge in [0.15, 0.2) is 0 Å². The number of carbonyl (C=O) groups excluding carboxylic acids is 1. The highest BCUT2D eigenvalue weighted by Crippen LogP contribution is 2.28. The van der Waals surface area contributed by atoms with Crippen molar-refractivity contribution in [1.29, 1.82) is 0 Å². The molecule has 0 aromatic heterocycles. The van der Waals surface area contributed by atoms with Gasteiger partial charge >= 0.3 is 5.97 Å². The Labute approximate surface area is 114 Å². The monoisotopic (exact) mass is 262 g/mol. The molecule has 19 heavy (non-hydrogen) atoms. The van der Waals surface area contributed by atoms with Gasteiger partial charge in [-0.25, -0.2) is 0 Å². The molecule has 0 saturated heterocycles. The summed E-state index contributed by atoms with van der Waals surface area (Å²) < 4.78 is 5.43. The summed E-state index contributed by atoms with van der Waals surface area (Å²) in [5.41, 5.74) is 1.15. The first-order chi connectivity index (χ1) is 9.19. The van der Waals surface area contributed by atoms with Crippen molar-refractivity contribution in [3.05, 3.63) is 29.8 Å². The van der Waals surface area contributed by atoms with E-state index in [0.717, 1.165) is 37.7 Å². The molecular formula is C16H22O3. The van der Waals surface area contributed by atoms with E-state index in [1.165, 1.54) is 0 Å². The van der Waals surface area contributed by atoms with Crippen LogP contribution in [0.15, 0.2) is 24.3 Å². The number of benzene rings is 1. The van der Waals surface area contributed by atoms with E-state index in [9.17, 15) is 9.90 Å². The molecule has 2 rings (SSSR count). The van der Waals surface area contributed by atoms with Crippen molar-refractivity contribution in [2.75, 3.05) is 6.61 Å². The lowest BCUT2D eigenvalue weighted by Gasteiger charge is -2.13. The second kappa shape index (κ2) is 6.71. The van der Waals surface area contributed by atoms with Crippen LogP contribution >= 0.6 is 0 Å². The number of aliphatic hydroxyl groups is 1. The van der Waals surface area contributed by atoms with Crippen LogP contribution in [0.4, 0.5) is 0 Å². The highest BCUT2D eigenvalue weighted by atomic mass is 16.5. The summed E-state index contributed by atoms with van der Waals surface area (Å²) in [6, 6.07) is 7.55. The van der Waals surface area contributed by atoms with E-state index in [4.69, 9.17) is 4.74 Å². The van der Waals surface area contributed by atoms with Gasteiger partial charge in [-0.3, -0.25) is 4.79 Å². The molecule has 0 radical (unpaired) electrons. The molecule has 0 heterocycles. The van der Waals surface area contributed by atoms with E-state index >= 15 is 0 Å².